The predicted octanol–water partition coefficient (Wildman–Crippen LogP) is 2.20. The quantitative estimate of drug-likeness (QED) is 0.863. The Morgan fingerprint density at radius 1 is 1.61 bits per heavy atom. The van der Waals surface area contributed by atoms with Gasteiger partial charge in [-0.15, -0.1) is 0 Å². The van der Waals surface area contributed by atoms with Crippen molar-refractivity contribution < 1.29 is 9.59 Å². The third-order valence-electron chi connectivity index (χ3n) is 3.18. The lowest BCUT2D eigenvalue weighted by molar-refractivity contribution is -0.139. The van der Waals surface area contributed by atoms with Crippen LogP contribution in [0.15, 0.2) is 10.6 Å². The van der Waals surface area contributed by atoms with E-state index in [0.717, 1.165) is 12.8 Å². The van der Waals surface area contributed by atoms with Crippen molar-refractivity contribution in [3.8, 4) is 0 Å². The molecule has 0 saturated carbocycles. The van der Waals surface area contributed by atoms with E-state index in [1.54, 1.807) is 11.0 Å². The summed E-state index contributed by atoms with van der Waals surface area (Å²) in [5, 5.41) is 0. The van der Waals surface area contributed by atoms with E-state index in [1.807, 2.05) is 6.92 Å². The van der Waals surface area contributed by atoms with Crippen molar-refractivity contribution in [1.29, 1.82) is 0 Å². The fraction of sp³-hybridized carbons (Fsp3) is 0.667. The van der Waals surface area contributed by atoms with Crippen LogP contribution < -0.4 is 5.73 Å². The molecule has 0 radical (unpaired) electrons. The van der Waals surface area contributed by atoms with E-state index in [4.69, 9.17) is 28.9 Å². The Bertz CT molecular complexity index is 354. The highest BCUT2D eigenvalue weighted by Crippen LogP contribution is 2.24. The SMILES string of the molecule is CCC(C(N)=O)N1CCCC(C=C(Cl)Cl)CC1=O. The van der Waals surface area contributed by atoms with E-state index in [9.17, 15) is 9.59 Å². The second-order valence-corrected chi connectivity index (χ2v) is 5.48. The second kappa shape index (κ2) is 7.00. The molecule has 1 aliphatic rings. The van der Waals surface area contributed by atoms with E-state index in [0.29, 0.717) is 19.4 Å². The normalized spacial score (nSPS) is 22.3. The third-order valence-corrected chi connectivity index (χ3v) is 3.44. The molecule has 1 rings (SSSR count). The van der Waals surface area contributed by atoms with E-state index in [1.165, 1.54) is 0 Å². The summed E-state index contributed by atoms with van der Waals surface area (Å²) in [7, 11) is 0. The van der Waals surface area contributed by atoms with E-state index >= 15 is 0 Å². The number of amides is 2. The van der Waals surface area contributed by atoms with Crippen LogP contribution in [0.5, 0.6) is 0 Å². The summed E-state index contributed by atoms with van der Waals surface area (Å²) >= 11 is 11.2. The molecular weight excluding hydrogens is 275 g/mol. The summed E-state index contributed by atoms with van der Waals surface area (Å²) in [5.74, 6) is -0.470. The van der Waals surface area contributed by atoms with Crippen molar-refractivity contribution in [3.63, 3.8) is 0 Å². The highest BCUT2D eigenvalue weighted by Gasteiger charge is 2.30. The number of primary amides is 1. The Kier molecular flexibility index (Phi) is 5.96. The molecule has 2 atom stereocenters. The average molecular weight is 293 g/mol. The summed E-state index contributed by atoms with van der Waals surface area (Å²) < 4.78 is 0.184. The molecule has 2 amide bonds. The van der Waals surface area contributed by atoms with E-state index in [2.05, 4.69) is 0 Å². The van der Waals surface area contributed by atoms with Gasteiger partial charge in [0.1, 0.15) is 10.5 Å². The molecule has 1 aliphatic heterocycles. The number of rotatable bonds is 4. The summed E-state index contributed by atoms with van der Waals surface area (Å²) in [6.07, 6.45) is 4.21. The van der Waals surface area contributed by atoms with Gasteiger partial charge in [-0.2, -0.15) is 0 Å². The van der Waals surface area contributed by atoms with E-state index < -0.39 is 11.9 Å². The van der Waals surface area contributed by atoms with Crippen molar-refractivity contribution in [2.24, 2.45) is 11.7 Å². The summed E-state index contributed by atoms with van der Waals surface area (Å²) in [6, 6.07) is -0.508. The van der Waals surface area contributed by atoms with Crippen molar-refractivity contribution in [1.82, 2.24) is 4.90 Å². The van der Waals surface area contributed by atoms with Crippen LogP contribution in [0.25, 0.3) is 0 Å². The minimum absolute atomic E-state index is 0.0397. The molecular formula is C12H18Cl2N2O2. The Labute approximate surface area is 117 Å². The number of carbonyl (C=O) groups is 2. The van der Waals surface area contributed by atoms with Crippen LogP contribution in [0.2, 0.25) is 0 Å². The highest BCUT2D eigenvalue weighted by molar-refractivity contribution is 6.55. The number of halogens is 2. The van der Waals surface area contributed by atoms with Crippen molar-refractivity contribution in [2.45, 2.75) is 38.6 Å². The Hall–Kier alpha value is -0.740. The van der Waals surface area contributed by atoms with Crippen molar-refractivity contribution >= 4 is 35.0 Å². The summed E-state index contributed by atoms with van der Waals surface area (Å²) in [5.41, 5.74) is 5.32. The van der Waals surface area contributed by atoms with Crippen LogP contribution in [-0.2, 0) is 9.59 Å². The zero-order valence-corrected chi connectivity index (χ0v) is 11.9. The van der Waals surface area contributed by atoms with Gasteiger partial charge in [0.2, 0.25) is 11.8 Å². The first kappa shape index (κ1) is 15.3. The molecule has 0 aromatic heterocycles. The lowest BCUT2D eigenvalue weighted by Crippen LogP contribution is -2.47. The zero-order valence-electron chi connectivity index (χ0n) is 10.4. The fourth-order valence-electron chi connectivity index (χ4n) is 2.32. The van der Waals surface area contributed by atoms with Gasteiger partial charge in [-0.25, -0.2) is 0 Å². The molecule has 1 heterocycles. The molecule has 6 heteroatoms. The molecule has 4 nitrogen and oxygen atoms in total. The number of nitrogens with zero attached hydrogens (tertiary/aromatic N) is 1. The Morgan fingerprint density at radius 3 is 2.78 bits per heavy atom. The van der Waals surface area contributed by atoms with Gasteiger partial charge in [-0.05, 0) is 25.2 Å². The van der Waals surface area contributed by atoms with Crippen LogP contribution in [0.4, 0.5) is 0 Å². The third kappa shape index (κ3) is 4.18. The van der Waals surface area contributed by atoms with Crippen LogP contribution in [0.1, 0.15) is 32.6 Å². The second-order valence-electron chi connectivity index (χ2n) is 4.48. The lowest BCUT2D eigenvalue weighted by Gasteiger charge is -2.27. The molecule has 1 fully saturated rings. The highest BCUT2D eigenvalue weighted by atomic mass is 35.5. The van der Waals surface area contributed by atoms with Gasteiger partial charge >= 0.3 is 0 Å². The number of nitrogens with two attached hydrogens (primary N) is 1. The molecule has 2 N–H and O–H groups in total. The maximum Gasteiger partial charge on any atom is 0.240 e. The predicted molar refractivity (Wildman–Crippen MR) is 72.1 cm³/mol. The number of carbonyl (C=O) groups excluding carboxylic acids is 2. The minimum Gasteiger partial charge on any atom is -0.368 e. The maximum absolute atomic E-state index is 12.1. The largest absolute Gasteiger partial charge is 0.368 e. The average Bonchev–Trinajstić information content (AvgIpc) is 2.41. The summed E-state index contributed by atoms with van der Waals surface area (Å²) in [6.45, 7) is 2.41. The first-order valence-corrected chi connectivity index (χ1v) is 6.82. The van der Waals surface area contributed by atoms with Gasteiger partial charge in [0.05, 0.1) is 0 Å². The van der Waals surface area contributed by atoms with Crippen LogP contribution in [-0.4, -0.2) is 29.3 Å². The molecule has 18 heavy (non-hydrogen) atoms. The minimum atomic E-state index is -0.508. The molecule has 0 aliphatic carbocycles. The molecule has 1 saturated heterocycles. The maximum atomic E-state index is 12.1. The topological polar surface area (TPSA) is 63.4 Å². The molecule has 102 valence electrons. The molecule has 0 aromatic rings. The number of likely N-dealkylation sites (tertiary alicyclic amines) is 1. The van der Waals surface area contributed by atoms with Crippen LogP contribution in [0, 0.1) is 5.92 Å². The van der Waals surface area contributed by atoms with Crippen LogP contribution in [0.3, 0.4) is 0 Å². The number of allylic oxidation sites excluding steroid dienone is 1. The van der Waals surface area contributed by atoms with Gasteiger partial charge < -0.3 is 10.6 Å². The smallest absolute Gasteiger partial charge is 0.240 e. The van der Waals surface area contributed by atoms with Gasteiger partial charge in [0.25, 0.3) is 0 Å². The van der Waals surface area contributed by atoms with Gasteiger partial charge in [0.15, 0.2) is 0 Å². The van der Waals surface area contributed by atoms with E-state index in [-0.39, 0.29) is 16.3 Å². The first-order chi connectivity index (χ1) is 8.45. The van der Waals surface area contributed by atoms with Crippen LogP contribution >= 0.6 is 23.2 Å². The molecule has 2 unspecified atom stereocenters. The monoisotopic (exact) mass is 292 g/mol. The van der Waals surface area contributed by atoms with Gasteiger partial charge in [0, 0.05) is 13.0 Å². The van der Waals surface area contributed by atoms with Crippen molar-refractivity contribution in [3.05, 3.63) is 10.6 Å². The van der Waals surface area contributed by atoms with Gasteiger partial charge in [-0.1, -0.05) is 36.2 Å². The molecule has 0 aromatic carbocycles. The van der Waals surface area contributed by atoms with Gasteiger partial charge in [-0.3, -0.25) is 9.59 Å². The standard InChI is InChI=1S/C12H18Cl2N2O2/c1-2-9(12(15)18)16-5-3-4-8(6-10(13)14)7-11(16)17/h6,8-9H,2-5,7H2,1H3,(H2,15,18). The first-order valence-electron chi connectivity index (χ1n) is 6.07. The molecule has 0 bridgehead atoms. The number of hydrogen-bond donors (Lipinski definition) is 1. The Morgan fingerprint density at radius 2 is 2.28 bits per heavy atom. The van der Waals surface area contributed by atoms with Crippen molar-refractivity contribution in [2.75, 3.05) is 6.54 Å². The summed E-state index contributed by atoms with van der Waals surface area (Å²) in [4.78, 5) is 25.0. The molecule has 0 spiro atoms. The fourth-order valence-corrected chi connectivity index (χ4v) is 2.67. The zero-order chi connectivity index (χ0) is 13.7. The number of hydrogen-bond acceptors (Lipinski definition) is 2. The lowest BCUT2D eigenvalue weighted by atomic mass is 10.0. The Balaban J connectivity index is 2.78.